The van der Waals surface area contributed by atoms with E-state index in [1.807, 2.05) is 6.07 Å². The number of carbonyl (C=O) groups excluding carboxylic acids is 2. The third-order valence-electron chi connectivity index (χ3n) is 9.53. The normalized spacial score (nSPS) is 17.5. The highest BCUT2D eigenvalue weighted by Crippen LogP contribution is 2.60. The standard InChI is InChI=1S/C38H24F8N6O2S/c39-20-10-17(11-21(40)14-20)12-27(48-29(53)16-52-33-30(32(51-52)38(44,45)46)22-7-8-25(22)37(33,42)43)31-23(19-6-9-26(41)24(13-19)34(47)54)15-28-35(49-31)50-36(55-28)18-4-2-1-3-5-18/h1-11,13-15,22,25,27H,12,16H2,(H2,47,54)(H,48,53)/t22-,25+,27?/m0/s1. The molecule has 0 spiro atoms. The zero-order chi connectivity index (χ0) is 39.0. The molecule has 0 bridgehead atoms. The van der Waals surface area contributed by atoms with Crippen molar-refractivity contribution in [2.24, 2.45) is 11.7 Å². The van der Waals surface area contributed by atoms with Gasteiger partial charge in [-0.3, -0.25) is 14.3 Å². The number of alkyl halides is 5. The van der Waals surface area contributed by atoms with E-state index in [0.29, 0.717) is 20.5 Å². The molecule has 17 heteroatoms. The van der Waals surface area contributed by atoms with Crippen LogP contribution in [0.2, 0.25) is 0 Å². The molecule has 0 radical (unpaired) electrons. The molecule has 0 saturated carbocycles. The van der Waals surface area contributed by atoms with Crippen LogP contribution >= 0.6 is 11.3 Å². The van der Waals surface area contributed by atoms with E-state index < -0.39 is 88.3 Å². The fourth-order valence-electron chi connectivity index (χ4n) is 7.10. The van der Waals surface area contributed by atoms with Crippen molar-refractivity contribution >= 4 is 33.5 Å². The number of primary amides is 1. The minimum Gasteiger partial charge on any atom is -0.366 e. The molecular weight excluding hydrogens is 757 g/mol. The number of carbonyl (C=O) groups is 2. The molecule has 1 unspecified atom stereocenters. The van der Waals surface area contributed by atoms with E-state index >= 15 is 8.78 Å². The summed E-state index contributed by atoms with van der Waals surface area (Å²) >= 11 is 1.23. The van der Waals surface area contributed by atoms with Crippen LogP contribution in [0, 0.1) is 23.4 Å². The number of nitrogens with one attached hydrogen (secondary N) is 1. The number of aromatic nitrogens is 4. The number of benzene rings is 3. The number of pyridine rings is 1. The highest BCUT2D eigenvalue weighted by Gasteiger charge is 2.61. The number of nitrogens with two attached hydrogens (primary N) is 1. The van der Waals surface area contributed by atoms with Gasteiger partial charge in [-0.1, -0.05) is 48.6 Å². The molecule has 8 rings (SSSR count). The summed E-state index contributed by atoms with van der Waals surface area (Å²) in [5.74, 6) is -11.6. The molecule has 3 N–H and O–H groups in total. The molecule has 3 heterocycles. The highest BCUT2D eigenvalue weighted by molar-refractivity contribution is 7.21. The van der Waals surface area contributed by atoms with Crippen molar-refractivity contribution < 1.29 is 44.7 Å². The second-order valence-electron chi connectivity index (χ2n) is 13.1. The lowest BCUT2D eigenvalue weighted by Gasteiger charge is -2.27. The Morgan fingerprint density at radius 3 is 2.31 bits per heavy atom. The Labute approximate surface area is 309 Å². The van der Waals surface area contributed by atoms with Gasteiger partial charge in [-0.25, -0.2) is 23.1 Å². The minimum atomic E-state index is -5.11. The number of allylic oxidation sites excluding steroid dienone is 2. The van der Waals surface area contributed by atoms with Gasteiger partial charge >= 0.3 is 6.18 Å². The summed E-state index contributed by atoms with van der Waals surface area (Å²) in [5, 5.41) is 6.56. The predicted octanol–water partition coefficient (Wildman–Crippen LogP) is 8.23. The van der Waals surface area contributed by atoms with Crippen LogP contribution in [0.25, 0.3) is 32.0 Å². The molecule has 280 valence electrons. The number of rotatable bonds is 9. The van der Waals surface area contributed by atoms with Crippen LogP contribution in [0.1, 0.15) is 50.5 Å². The van der Waals surface area contributed by atoms with Crippen LogP contribution in [-0.4, -0.2) is 31.6 Å². The lowest BCUT2D eigenvalue weighted by molar-refractivity contribution is -0.142. The summed E-state index contributed by atoms with van der Waals surface area (Å²) in [6.07, 6.45) is -3.16. The van der Waals surface area contributed by atoms with E-state index in [-0.39, 0.29) is 34.5 Å². The first kappa shape index (κ1) is 36.0. The zero-order valence-corrected chi connectivity index (χ0v) is 28.7. The van der Waals surface area contributed by atoms with E-state index in [1.54, 1.807) is 30.3 Å². The summed E-state index contributed by atoms with van der Waals surface area (Å²) < 4.78 is 118. The number of hydrogen-bond donors (Lipinski definition) is 2. The van der Waals surface area contributed by atoms with Gasteiger partial charge in [0.05, 0.1) is 27.9 Å². The molecule has 0 saturated heterocycles. The average Bonchev–Trinajstić information content (AvgIpc) is 3.72. The van der Waals surface area contributed by atoms with E-state index in [4.69, 9.17) is 10.7 Å². The SMILES string of the molecule is NC(=O)c1cc(-c2cc3sc(-c4ccccc4)nc3nc2C(Cc2cc(F)cc(F)c2)NC(=O)Cn2nc(C(F)(F)F)c3c2C(F)(F)[C@@H]2C=C[C@H]32)ccc1F. The van der Waals surface area contributed by atoms with Gasteiger partial charge < -0.3 is 11.1 Å². The van der Waals surface area contributed by atoms with Crippen LogP contribution in [0.15, 0.2) is 84.9 Å². The molecule has 3 aromatic carbocycles. The monoisotopic (exact) mass is 780 g/mol. The van der Waals surface area contributed by atoms with E-state index in [2.05, 4.69) is 15.4 Å². The Morgan fingerprint density at radius 1 is 0.927 bits per heavy atom. The van der Waals surface area contributed by atoms with E-state index in [1.165, 1.54) is 23.5 Å². The van der Waals surface area contributed by atoms with Gasteiger partial charge in [-0.2, -0.15) is 27.1 Å². The van der Waals surface area contributed by atoms with Crippen LogP contribution in [0.4, 0.5) is 35.1 Å². The second-order valence-corrected chi connectivity index (χ2v) is 14.1. The molecule has 8 nitrogen and oxygen atoms in total. The quantitative estimate of drug-likeness (QED) is 0.113. The molecule has 3 aromatic heterocycles. The summed E-state index contributed by atoms with van der Waals surface area (Å²) in [7, 11) is 0. The maximum atomic E-state index is 15.5. The summed E-state index contributed by atoms with van der Waals surface area (Å²) in [5.41, 5.74) is 2.90. The average molecular weight is 781 g/mol. The van der Waals surface area contributed by atoms with Crippen molar-refractivity contribution in [3.8, 4) is 21.7 Å². The van der Waals surface area contributed by atoms with Gasteiger partial charge in [-0.15, -0.1) is 11.3 Å². The van der Waals surface area contributed by atoms with Gasteiger partial charge in [0, 0.05) is 28.7 Å². The van der Waals surface area contributed by atoms with Crippen molar-refractivity contribution in [2.45, 2.75) is 37.0 Å². The van der Waals surface area contributed by atoms with Gasteiger partial charge in [0.1, 0.15) is 34.7 Å². The lowest BCUT2D eigenvalue weighted by atomic mass is 9.81. The number of nitrogens with zero attached hydrogens (tertiary/aromatic N) is 4. The molecule has 2 amide bonds. The second kappa shape index (κ2) is 13.1. The number of amides is 2. The van der Waals surface area contributed by atoms with Gasteiger partial charge in [0.2, 0.25) is 5.91 Å². The third-order valence-corrected chi connectivity index (χ3v) is 10.6. The van der Waals surface area contributed by atoms with Crippen molar-refractivity contribution in [1.29, 1.82) is 0 Å². The molecule has 2 aliphatic rings. The number of thiazole rings is 1. The number of hydrogen-bond acceptors (Lipinski definition) is 6. The summed E-state index contributed by atoms with van der Waals surface area (Å²) in [6.45, 7) is -1.10. The molecule has 2 aliphatic carbocycles. The Bertz CT molecular complexity index is 2550. The van der Waals surface area contributed by atoms with Crippen molar-refractivity contribution in [3.63, 3.8) is 0 Å². The van der Waals surface area contributed by atoms with Crippen LogP contribution in [0.3, 0.4) is 0 Å². The van der Waals surface area contributed by atoms with Gasteiger partial charge in [0.15, 0.2) is 11.3 Å². The number of fused-ring (bicyclic) bond motifs is 4. The summed E-state index contributed by atoms with van der Waals surface area (Å²) in [4.78, 5) is 35.4. The van der Waals surface area contributed by atoms with Crippen LogP contribution in [-0.2, 0) is 29.9 Å². The first-order valence-corrected chi connectivity index (χ1v) is 17.4. The number of halogens is 8. The molecule has 55 heavy (non-hydrogen) atoms. The van der Waals surface area contributed by atoms with Gasteiger partial charge in [0.25, 0.3) is 11.8 Å². The molecule has 0 fully saturated rings. The zero-order valence-electron chi connectivity index (χ0n) is 27.8. The van der Waals surface area contributed by atoms with Crippen LogP contribution in [0.5, 0.6) is 0 Å². The summed E-state index contributed by atoms with van der Waals surface area (Å²) in [6, 6.07) is 15.3. The Balaban J connectivity index is 1.26. The fraction of sp³-hybridized carbons (Fsp3) is 0.184. The molecule has 3 atom stereocenters. The smallest absolute Gasteiger partial charge is 0.366 e. The topological polar surface area (TPSA) is 116 Å². The first-order chi connectivity index (χ1) is 26.1. The first-order valence-electron chi connectivity index (χ1n) is 16.5. The lowest BCUT2D eigenvalue weighted by Crippen LogP contribution is -2.36. The molecule has 0 aliphatic heterocycles. The molecular formula is C38H24F8N6O2S. The Kier molecular flexibility index (Phi) is 8.59. The Morgan fingerprint density at radius 2 is 1.65 bits per heavy atom. The van der Waals surface area contributed by atoms with Gasteiger partial charge in [-0.05, 0) is 47.9 Å². The van der Waals surface area contributed by atoms with Crippen LogP contribution < -0.4 is 11.1 Å². The van der Waals surface area contributed by atoms with E-state index in [0.717, 1.165) is 35.9 Å². The van der Waals surface area contributed by atoms with Crippen molar-refractivity contribution in [3.05, 3.63) is 136 Å². The van der Waals surface area contributed by atoms with Crippen molar-refractivity contribution in [2.75, 3.05) is 0 Å². The maximum Gasteiger partial charge on any atom is 0.435 e. The molecule has 6 aromatic rings. The van der Waals surface area contributed by atoms with E-state index in [9.17, 15) is 35.9 Å². The predicted molar refractivity (Wildman–Crippen MR) is 184 cm³/mol. The van der Waals surface area contributed by atoms with Crippen molar-refractivity contribution in [1.82, 2.24) is 25.1 Å². The fourth-order valence-corrected chi connectivity index (χ4v) is 8.05. The Hall–Kier alpha value is -5.97. The maximum absolute atomic E-state index is 15.5. The highest BCUT2D eigenvalue weighted by atomic mass is 32.1. The third kappa shape index (κ3) is 6.41. The largest absolute Gasteiger partial charge is 0.435 e. The minimum absolute atomic E-state index is 0.00403.